The van der Waals surface area contributed by atoms with Gasteiger partial charge in [0.05, 0.1) is 6.42 Å². The molecule has 0 amide bonds. The molecule has 4 nitrogen and oxygen atoms in total. The van der Waals surface area contributed by atoms with Crippen molar-refractivity contribution < 1.29 is 19.1 Å². The van der Waals surface area contributed by atoms with Crippen molar-refractivity contribution in [3.05, 3.63) is 29.8 Å². The lowest BCUT2D eigenvalue weighted by Crippen LogP contribution is -2.21. The Hall–Kier alpha value is -1.84. The first-order valence-electron chi connectivity index (χ1n) is 4.63. The topological polar surface area (TPSA) is 52.6 Å². The maximum Gasteiger partial charge on any atom is 0.355 e. The molecule has 0 bridgehead atoms. The Morgan fingerprint density at radius 3 is 2.47 bits per heavy atom. The van der Waals surface area contributed by atoms with Crippen LogP contribution in [0.1, 0.15) is 12.0 Å². The molecule has 4 heteroatoms. The van der Waals surface area contributed by atoms with Crippen molar-refractivity contribution in [2.24, 2.45) is 0 Å². The highest BCUT2D eigenvalue weighted by molar-refractivity contribution is 5.96. The maximum atomic E-state index is 11.1. The Labute approximate surface area is 86.8 Å². The molecule has 2 rings (SSSR count). The summed E-state index contributed by atoms with van der Waals surface area (Å²) >= 11 is 0. The van der Waals surface area contributed by atoms with Gasteiger partial charge in [-0.2, -0.15) is 0 Å². The standard InChI is InChI=1S/C11H10O4/c1-7-2-4-8(5-3-7)14-9-6-10(12)15-11(9)13/h2-5,9H,6H2,1H3. The highest BCUT2D eigenvalue weighted by atomic mass is 16.6. The van der Waals surface area contributed by atoms with Gasteiger partial charge in [0.2, 0.25) is 6.10 Å². The third-order valence-electron chi connectivity index (χ3n) is 2.13. The van der Waals surface area contributed by atoms with E-state index in [0.717, 1.165) is 5.56 Å². The van der Waals surface area contributed by atoms with Gasteiger partial charge in [0, 0.05) is 0 Å². The number of hydrogen-bond donors (Lipinski definition) is 0. The van der Waals surface area contributed by atoms with Crippen molar-refractivity contribution in [3.8, 4) is 5.75 Å². The van der Waals surface area contributed by atoms with Gasteiger partial charge in [-0.3, -0.25) is 4.79 Å². The van der Waals surface area contributed by atoms with Gasteiger partial charge < -0.3 is 9.47 Å². The maximum absolute atomic E-state index is 11.1. The molecule has 1 unspecified atom stereocenters. The van der Waals surface area contributed by atoms with E-state index in [1.54, 1.807) is 12.1 Å². The van der Waals surface area contributed by atoms with Crippen molar-refractivity contribution >= 4 is 11.9 Å². The van der Waals surface area contributed by atoms with Gasteiger partial charge in [0.1, 0.15) is 5.75 Å². The van der Waals surface area contributed by atoms with Crippen LogP contribution < -0.4 is 4.74 Å². The fourth-order valence-electron chi connectivity index (χ4n) is 1.33. The molecule has 1 aromatic rings. The van der Waals surface area contributed by atoms with Crippen LogP contribution in [-0.4, -0.2) is 18.0 Å². The van der Waals surface area contributed by atoms with Crippen molar-refractivity contribution in [2.75, 3.05) is 0 Å². The lowest BCUT2D eigenvalue weighted by Gasteiger charge is -2.08. The van der Waals surface area contributed by atoms with E-state index in [1.165, 1.54) is 0 Å². The van der Waals surface area contributed by atoms with E-state index in [1.807, 2.05) is 19.1 Å². The Morgan fingerprint density at radius 2 is 1.93 bits per heavy atom. The normalized spacial score (nSPS) is 20.2. The Balaban J connectivity index is 2.06. The fraction of sp³-hybridized carbons (Fsp3) is 0.273. The molecular weight excluding hydrogens is 196 g/mol. The first-order valence-corrected chi connectivity index (χ1v) is 4.63. The van der Waals surface area contributed by atoms with E-state index in [2.05, 4.69) is 4.74 Å². The zero-order chi connectivity index (χ0) is 10.8. The summed E-state index contributed by atoms with van der Waals surface area (Å²) in [7, 11) is 0. The van der Waals surface area contributed by atoms with Crippen LogP contribution in [0.25, 0.3) is 0 Å². The van der Waals surface area contributed by atoms with Crippen molar-refractivity contribution in [2.45, 2.75) is 19.4 Å². The second-order valence-corrected chi connectivity index (χ2v) is 3.42. The summed E-state index contributed by atoms with van der Waals surface area (Å²) in [4.78, 5) is 21.9. The minimum Gasteiger partial charge on any atom is -0.478 e. The number of carbonyl (C=O) groups excluding carboxylic acids is 2. The molecule has 1 saturated heterocycles. The largest absolute Gasteiger partial charge is 0.478 e. The molecule has 0 N–H and O–H groups in total. The Bertz CT molecular complexity index is 394. The predicted octanol–water partition coefficient (Wildman–Crippen LogP) is 1.22. The number of esters is 2. The number of hydrogen-bond acceptors (Lipinski definition) is 4. The van der Waals surface area contributed by atoms with E-state index in [9.17, 15) is 9.59 Å². The van der Waals surface area contributed by atoms with Crippen molar-refractivity contribution in [1.29, 1.82) is 0 Å². The zero-order valence-electron chi connectivity index (χ0n) is 8.23. The van der Waals surface area contributed by atoms with Gasteiger partial charge in [-0.05, 0) is 19.1 Å². The molecule has 1 aliphatic rings. The molecule has 0 radical (unpaired) electrons. The minimum absolute atomic E-state index is 0.00723. The van der Waals surface area contributed by atoms with Crippen LogP contribution >= 0.6 is 0 Å². The summed E-state index contributed by atoms with van der Waals surface area (Å²) in [6, 6.07) is 7.26. The van der Waals surface area contributed by atoms with E-state index in [-0.39, 0.29) is 6.42 Å². The summed E-state index contributed by atoms with van der Waals surface area (Å²) in [5, 5.41) is 0. The van der Waals surface area contributed by atoms with Gasteiger partial charge >= 0.3 is 11.9 Å². The monoisotopic (exact) mass is 206 g/mol. The zero-order valence-corrected chi connectivity index (χ0v) is 8.23. The summed E-state index contributed by atoms with van der Waals surface area (Å²) in [6.07, 6.45) is -0.799. The van der Waals surface area contributed by atoms with Crippen LogP contribution in [0.3, 0.4) is 0 Å². The molecule has 0 saturated carbocycles. The third-order valence-corrected chi connectivity index (χ3v) is 2.13. The minimum atomic E-state index is -0.791. The third kappa shape index (κ3) is 2.15. The van der Waals surface area contributed by atoms with Crippen LogP contribution in [-0.2, 0) is 14.3 Å². The number of cyclic esters (lactones) is 2. The first kappa shape index (κ1) is 9.71. The first-order chi connectivity index (χ1) is 7.15. The van der Waals surface area contributed by atoms with E-state index in [4.69, 9.17) is 4.74 Å². The Morgan fingerprint density at radius 1 is 1.27 bits per heavy atom. The van der Waals surface area contributed by atoms with Crippen LogP contribution in [0.15, 0.2) is 24.3 Å². The molecule has 1 aliphatic heterocycles. The van der Waals surface area contributed by atoms with E-state index >= 15 is 0 Å². The van der Waals surface area contributed by atoms with Gasteiger partial charge in [0.15, 0.2) is 0 Å². The van der Waals surface area contributed by atoms with Crippen LogP contribution in [0, 0.1) is 6.92 Å². The van der Waals surface area contributed by atoms with Crippen LogP contribution in [0.5, 0.6) is 5.75 Å². The molecule has 1 aromatic carbocycles. The number of carbonyl (C=O) groups is 2. The van der Waals surface area contributed by atoms with E-state index < -0.39 is 18.0 Å². The summed E-state index contributed by atoms with van der Waals surface area (Å²) < 4.78 is 9.68. The summed E-state index contributed by atoms with van der Waals surface area (Å²) in [6.45, 7) is 1.96. The molecule has 0 aromatic heterocycles. The molecule has 0 spiro atoms. The molecular formula is C11H10O4. The number of aryl methyl sites for hydroxylation is 1. The highest BCUT2D eigenvalue weighted by Crippen LogP contribution is 2.18. The predicted molar refractivity (Wildman–Crippen MR) is 51.3 cm³/mol. The van der Waals surface area contributed by atoms with Gasteiger partial charge in [0.25, 0.3) is 0 Å². The summed E-state index contributed by atoms with van der Waals surface area (Å²) in [5.74, 6) is -0.574. The molecule has 78 valence electrons. The molecule has 1 heterocycles. The molecule has 15 heavy (non-hydrogen) atoms. The average molecular weight is 206 g/mol. The quantitative estimate of drug-likeness (QED) is 0.539. The fourth-order valence-corrected chi connectivity index (χ4v) is 1.33. The van der Waals surface area contributed by atoms with Crippen LogP contribution in [0.2, 0.25) is 0 Å². The lowest BCUT2D eigenvalue weighted by atomic mass is 10.2. The van der Waals surface area contributed by atoms with Crippen LogP contribution in [0.4, 0.5) is 0 Å². The summed E-state index contributed by atoms with van der Waals surface area (Å²) in [5.41, 5.74) is 1.10. The SMILES string of the molecule is Cc1ccc(OC2CC(=O)OC2=O)cc1. The van der Waals surface area contributed by atoms with E-state index in [0.29, 0.717) is 5.75 Å². The smallest absolute Gasteiger partial charge is 0.355 e. The number of ether oxygens (including phenoxy) is 2. The van der Waals surface area contributed by atoms with Crippen molar-refractivity contribution in [3.63, 3.8) is 0 Å². The second kappa shape index (κ2) is 3.73. The van der Waals surface area contributed by atoms with Crippen molar-refractivity contribution in [1.82, 2.24) is 0 Å². The second-order valence-electron chi connectivity index (χ2n) is 3.42. The average Bonchev–Trinajstić information content (AvgIpc) is 2.49. The Kier molecular flexibility index (Phi) is 2.41. The van der Waals surface area contributed by atoms with Gasteiger partial charge in [-0.1, -0.05) is 17.7 Å². The molecule has 0 aliphatic carbocycles. The lowest BCUT2D eigenvalue weighted by molar-refractivity contribution is -0.154. The molecule has 1 fully saturated rings. The number of benzene rings is 1. The highest BCUT2D eigenvalue weighted by Gasteiger charge is 2.35. The van der Waals surface area contributed by atoms with Gasteiger partial charge in [-0.25, -0.2) is 4.79 Å². The number of rotatable bonds is 2. The van der Waals surface area contributed by atoms with Gasteiger partial charge in [-0.15, -0.1) is 0 Å². The molecule has 1 atom stereocenters.